The number of nitrogens with zero attached hydrogens (tertiary/aromatic N) is 2. The Labute approximate surface area is 155 Å². The molecule has 0 atom stereocenters. The van der Waals surface area contributed by atoms with E-state index in [1.807, 2.05) is 25.7 Å². The molecule has 0 spiro atoms. The minimum absolute atomic E-state index is 0.0216. The molecular formula is C19H29N3O4. The zero-order valence-electron chi connectivity index (χ0n) is 15.9. The second-order valence-electron chi connectivity index (χ2n) is 6.05. The number of ether oxygens (including phenoxy) is 2. The van der Waals surface area contributed by atoms with E-state index in [2.05, 4.69) is 10.2 Å². The maximum absolute atomic E-state index is 12.8. The molecule has 1 aromatic rings. The zero-order chi connectivity index (χ0) is 18.9. The molecular weight excluding hydrogens is 334 g/mol. The lowest BCUT2D eigenvalue weighted by Crippen LogP contribution is -2.51. The number of hydrogen-bond acceptors (Lipinski definition) is 5. The van der Waals surface area contributed by atoms with Crippen molar-refractivity contribution >= 4 is 11.8 Å². The molecule has 0 saturated carbocycles. The number of carbonyl (C=O) groups excluding carboxylic acids is 2. The maximum atomic E-state index is 12.8. The van der Waals surface area contributed by atoms with Gasteiger partial charge in [-0.25, -0.2) is 0 Å². The van der Waals surface area contributed by atoms with Crippen LogP contribution in [0.3, 0.4) is 0 Å². The van der Waals surface area contributed by atoms with Crippen LogP contribution in [0.5, 0.6) is 11.5 Å². The summed E-state index contributed by atoms with van der Waals surface area (Å²) in [6.45, 7) is 10.4. The average molecular weight is 363 g/mol. The van der Waals surface area contributed by atoms with Crippen molar-refractivity contribution in [1.29, 1.82) is 0 Å². The highest BCUT2D eigenvalue weighted by Gasteiger charge is 2.24. The van der Waals surface area contributed by atoms with Crippen LogP contribution in [-0.2, 0) is 4.79 Å². The molecule has 7 heteroatoms. The maximum Gasteiger partial charge on any atom is 0.254 e. The Balaban J connectivity index is 1.97. The Kier molecular flexibility index (Phi) is 7.72. The summed E-state index contributed by atoms with van der Waals surface area (Å²) in [7, 11) is 0. The molecule has 2 amide bonds. The van der Waals surface area contributed by atoms with Gasteiger partial charge < -0.3 is 19.7 Å². The van der Waals surface area contributed by atoms with Crippen LogP contribution < -0.4 is 14.8 Å². The highest BCUT2D eigenvalue weighted by Crippen LogP contribution is 2.29. The summed E-state index contributed by atoms with van der Waals surface area (Å²) in [5.74, 6) is 1.25. The van der Waals surface area contributed by atoms with Gasteiger partial charge in [0.15, 0.2) is 11.5 Å². The Bertz CT molecular complexity index is 613. The molecule has 1 fully saturated rings. The molecule has 1 N–H and O–H groups in total. The van der Waals surface area contributed by atoms with Gasteiger partial charge in [-0.05, 0) is 39.0 Å². The van der Waals surface area contributed by atoms with Gasteiger partial charge in [0.25, 0.3) is 5.91 Å². The van der Waals surface area contributed by atoms with E-state index in [1.165, 1.54) is 0 Å². The largest absolute Gasteiger partial charge is 0.490 e. The molecule has 2 rings (SSSR count). The number of nitrogens with one attached hydrogen (secondary N) is 1. The van der Waals surface area contributed by atoms with Crippen LogP contribution in [0, 0.1) is 0 Å². The van der Waals surface area contributed by atoms with Crippen molar-refractivity contribution in [1.82, 2.24) is 15.1 Å². The van der Waals surface area contributed by atoms with Crippen LogP contribution >= 0.6 is 0 Å². The lowest BCUT2D eigenvalue weighted by Gasteiger charge is -2.34. The Hall–Kier alpha value is -2.28. The number of amides is 2. The summed E-state index contributed by atoms with van der Waals surface area (Å²) in [6.07, 6.45) is 0. The van der Waals surface area contributed by atoms with E-state index in [1.54, 1.807) is 18.2 Å². The zero-order valence-corrected chi connectivity index (χ0v) is 15.9. The summed E-state index contributed by atoms with van der Waals surface area (Å²) in [5.41, 5.74) is 0.592. The molecule has 7 nitrogen and oxygen atoms in total. The van der Waals surface area contributed by atoms with Gasteiger partial charge in [-0.15, -0.1) is 0 Å². The fourth-order valence-corrected chi connectivity index (χ4v) is 2.93. The lowest BCUT2D eigenvalue weighted by molar-refractivity contribution is -0.122. The lowest BCUT2D eigenvalue weighted by atomic mass is 10.1. The molecule has 0 aromatic heterocycles. The second-order valence-corrected chi connectivity index (χ2v) is 6.05. The number of piperazine rings is 1. The van der Waals surface area contributed by atoms with Crippen molar-refractivity contribution in [3.05, 3.63) is 23.8 Å². The Morgan fingerprint density at radius 1 is 1.00 bits per heavy atom. The fourth-order valence-electron chi connectivity index (χ4n) is 2.93. The number of benzene rings is 1. The normalized spacial score (nSPS) is 14.8. The van der Waals surface area contributed by atoms with Gasteiger partial charge in [0.2, 0.25) is 5.91 Å². The van der Waals surface area contributed by atoms with Crippen molar-refractivity contribution < 1.29 is 19.1 Å². The minimum Gasteiger partial charge on any atom is -0.490 e. The third kappa shape index (κ3) is 5.36. The number of hydrogen-bond donors (Lipinski definition) is 1. The van der Waals surface area contributed by atoms with Gasteiger partial charge in [-0.1, -0.05) is 0 Å². The first-order valence-corrected chi connectivity index (χ1v) is 9.27. The SMILES string of the molecule is CCNC(=O)CN1CCN(C(=O)c2ccc(OCC)c(OCC)c2)CC1. The molecule has 26 heavy (non-hydrogen) atoms. The molecule has 1 heterocycles. The van der Waals surface area contributed by atoms with Crippen molar-refractivity contribution in [2.75, 3.05) is 52.5 Å². The predicted molar refractivity (Wildman–Crippen MR) is 99.8 cm³/mol. The van der Waals surface area contributed by atoms with Gasteiger partial charge in [0.1, 0.15) is 0 Å². The topological polar surface area (TPSA) is 71.1 Å². The van der Waals surface area contributed by atoms with E-state index < -0.39 is 0 Å². The van der Waals surface area contributed by atoms with Crippen molar-refractivity contribution in [2.24, 2.45) is 0 Å². The molecule has 0 radical (unpaired) electrons. The van der Waals surface area contributed by atoms with Crippen LogP contribution in [0.25, 0.3) is 0 Å². The van der Waals surface area contributed by atoms with Crippen LogP contribution in [0.1, 0.15) is 31.1 Å². The van der Waals surface area contributed by atoms with E-state index in [4.69, 9.17) is 9.47 Å². The number of carbonyl (C=O) groups is 2. The fraction of sp³-hybridized carbons (Fsp3) is 0.579. The van der Waals surface area contributed by atoms with Gasteiger partial charge in [0, 0.05) is 38.3 Å². The molecule has 0 bridgehead atoms. The first-order chi connectivity index (χ1) is 12.6. The van der Waals surface area contributed by atoms with E-state index in [0.717, 1.165) is 0 Å². The quantitative estimate of drug-likeness (QED) is 0.756. The smallest absolute Gasteiger partial charge is 0.254 e. The third-order valence-corrected chi connectivity index (χ3v) is 4.19. The van der Waals surface area contributed by atoms with Crippen LogP contribution in [0.4, 0.5) is 0 Å². The first kappa shape index (κ1) is 20.0. The minimum atomic E-state index is -0.0216. The second kappa shape index (κ2) is 10.0. The molecule has 0 unspecified atom stereocenters. The monoisotopic (exact) mass is 363 g/mol. The third-order valence-electron chi connectivity index (χ3n) is 4.19. The Morgan fingerprint density at radius 2 is 1.65 bits per heavy atom. The predicted octanol–water partition coefficient (Wildman–Crippen LogP) is 1.38. The summed E-state index contributed by atoms with van der Waals surface area (Å²) in [6, 6.07) is 5.31. The van der Waals surface area contributed by atoms with E-state index >= 15 is 0 Å². The molecule has 1 aliphatic heterocycles. The summed E-state index contributed by atoms with van der Waals surface area (Å²) in [4.78, 5) is 28.3. The van der Waals surface area contributed by atoms with Crippen molar-refractivity contribution in [3.63, 3.8) is 0 Å². The van der Waals surface area contributed by atoms with Gasteiger partial charge in [-0.2, -0.15) is 0 Å². The molecule has 0 aliphatic carbocycles. The standard InChI is InChI=1S/C19H29N3O4/c1-4-20-18(23)14-21-9-11-22(12-10-21)19(24)15-7-8-16(25-5-2)17(13-15)26-6-3/h7-8,13H,4-6,9-12,14H2,1-3H3,(H,20,23). The van der Waals surface area contributed by atoms with Crippen LogP contribution in [0.15, 0.2) is 18.2 Å². The van der Waals surface area contributed by atoms with E-state index in [-0.39, 0.29) is 11.8 Å². The molecule has 1 aliphatic rings. The summed E-state index contributed by atoms with van der Waals surface area (Å²) >= 11 is 0. The highest BCUT2D eigenvalue weighted by atomic mass is 16.5. The van der Waals surface area contributed by atoms with Crippen molar-refractivity contribution in [2.45, 2.75) is 20.8 Å². The number of rotatable bonds is 8. The van der Waals surface area contributed by atoms with Crippen LogP contribution in [0.2, 0.25) is 0 Å². The first-order valence-electron chi connectivity index (χ1n) is 9.27. The van der Waals surface area contributed by atoms with E-state index in [9.17, 15) is 9.59 Å². The Morgan fingerprint density at radius 3 is 2.27 bits per heavy atom. The van der Waals surface area contributed by atoms with Crippen molar-refractivity contribution in [3.8, 4) is 11.5 Å². The molecule has 1 aromatic carbocycles. The summed E-state index contributed by atoms with van der Waals surface area (Å²) in [5, 5.41) is 2.80. The average Bonchev–Trinajstić information content (AvgIpc) is 2.64. The van der Waals surface area contributed by atoms with Gasteiger partial charge in [0.05, 0.1) is 19.8 Å². The molecule has 1 saturated heterocycles. The van der Waals surface area contributed by atoms with Gasteiger partial charge in [-0.3, -0.25) is 14.5 Å². The van der Waals surface area contributed by atoms with Crippen LogP contribution in [-0.4, -0.2) is 74.1 Å². The highest BCUT2D eigenvalue weighted by molar-refractivity contribution is 5.95. The number of likely N-dealkylation sites (N-methyl/N-ethyl adjacent to an activating group) is 1. The van der Waals surface area contributed by atoms with E-state index in [0.29, 0.717) is 69.5 Å². The van der Waals surface area contributed by atoms with Gasteiger partial charge >= 0.3 is 0 Å². The molecule has 144 valence electrons. The summed E-state index contributed by atoms with van der Waals surface area (Å²) < 4.78 is 11.1.